The normalized spacial score (nSPS) is 20.5. The zero-order chi connectivity index (χ0) is 18.3. The Morgan fingerprint density at radius 2 is 2.12 bits per heavy atom. The lowest BCUT2D eigenvalue weighted by Gasteiger charge is -2.39. The largest absolute Gasteiger partial charge is 0.451 e. The maximum absolute atomic E-state index is 12.7. The van der Waals surface area contributed by atoms with Crippen LogP contribution in [-0.4, -0.2) is 39.4 Å². The van der Waals surface area contributed by atoms with Crippen molar-refractivity contribution >= 4 is 22.8 Å². The topological polar surface area (TPSA) is 80.4 Å². The van der Waals surface area contributed by atoms with E-state index < -0.39 is 0 Å². The quantitative estimate of drug-likeness (QED) is 0.784. The van der Waals surface area contributed by atoms with E-state index in [0.29, 0.717) is 18.4 Å². The SMILES string of the molecule is CN1C(=O)CC[C@@H](NC(=O)c2cc3ccccc3o2)[C@@H]1c1cncn1C. The number of nitrogens with one attached hydrogen (secondary N) is 1. The molecule has 2 atom stereocenters. The predicted octanol–water partition coefficient (Wildman–Crippen LogP) is 2.26. The average Bonchev–Trinajstić information content (AvgIpc) is 3.24. The van der Waals surface area contributed by atoms with Gasteiger partial charge in [0.15, 0.2) is 5.76 Å². The first-order chi connectivity index (χ1) is 12.5. The minimum atomic E-state index is -0.277. The number of aryl methyl sites for hydroxylation is 1. The molecule has 2 amide bonds. The van der Waals surface area contributed by atoms with Gasteiger partial charge in [-0.3, -0.25) is 9.59 Å². The Morgan fingerprint density at radius 3 is 2.85 bits per heavy atom. The minimum absolute atomic E-state index is 0.0606. The van der Waals surface area contributed by atoms with Crippen LogP contribution in [0.15, 0.2) is 47.3 Å². The molecule has 1 aliphatic rings. The maximum Gasteiger partial charge on any atom is 0.287 e. The summed E-state index contributed by atoms with van der Waals surface area (Å²) in [6.45, 7) is 0. The van der Waals surface area contributed by atoms with Gasteiger partial charge >= 0.3 is 0 Å². The van der Waals surface area contributed by atoms with E-state index in [2.05, 4.69) is 10.3 Å². The van der Waals surface area contributed by atoms with Gasteiger partial charge in [0.25, 0.3) is 5.91 Å². The van der Waals surface area contributed by atoms with Gasteiger partial charge in [0.2, 0.25) is 5.91 Å². The van der Waals surface area contributed by atoms with Gasteiger partial charge in [-0.1, -0.05) is 18.2 Å². The number of carbonyl (C=O) groups excluding carboxylic acids is 2. The maximum atomic E-state index is 12.7. The molecule has 3 aromatic rings. The van der Waals surface area contributed by atoms with Crippen LogP contribution in [0.4, 0.5) is 0 Å². The van der Waals surface area contributed by atoms with Crippen LogP contribution in [0.2, 0.25) is 0 Å². The lowest BCUT2D eigenvalue weighted by atomic mass is 9.93. The van der Waals surface area contributed by atoms with E-state index >= 15 is 0 Å². The highest BCUT2D eigenvalue weighted by atomic mass is 16.3. The number of para-hydroxylation sites is 1. The van der Waals surface area contributed by atoms with Gasteiger partial charge in [-0.15, -0.1) is 0 Å². The van der Waals surface area contributed by atoms with Crippen molar-refractivity contribution in [3.05, 3.63) is 54.3 Å². The summed E-state index contributed by atoms with van der Waals surface area (Å²) in [4.78, 5) is 30.8. The predicted molar refractivity (Wildman–Crippen MR) is 95.4 cm³/mol. The molecule has 2 aromatic heterocycles. The number of benzene rings is 1. The summed E-state index contributed by atoms with van der Waals surface area (Å²) in [7, 11) is 3.65. The summed E-state index contributed by atoms with van der Waals surface area (Å²) in [5, 5.41) is 3.93. The van der Waals surface area contributed by atoms with Gasteiger partial charge in [0.05, 0.1) is 30.3 Å². The molecule has 134 valence electrons. The number of aromatic nitrogens is 2. The van der Waals surface area contributed by atoms with Crippen LogP contribution < -0.4 is 5.32 Å². The summed E-state index contributed by atoms with van der Waals surface area (Å²) in [6, 6.07) is 8.76. The highest BCUT2D eigenvalue weighted by Gasteiger charge is 2.37. The third-order valence-corrected chi connectivity index (χ3v) is 4.98. The Bertz CT molecular complexity index is 941. The smallest absolute Gasteiger partial charge is 0.287 e. The molecule has 0 spiro atoms. The van der Waals surface area contributed by atoms with Gasteiger partial charge in [0, 0.05) is 25.9 Å². The van der Waals surface area contributed by atoms with Crippen LogP contribution >= 0.6 is 0 Å². The third-order valence-electron chi connectivity index (χ3n) is 4.98. The fraction of sp³-hybridized carbons (Fsp3) is 0.316. The summed E-state index contributed by atoms with van der Waals surface area (Å²) < 4.78 is 7.53. The number of furan rings is 1. The first-order valence-electron chi connectivity index (χ1n) is 8.56. The summed E-state index contributed by atoms with van der Waals surface area (Å²) >= 11 is 0. The zero-order valence-electron chi connectivity index (χ0n) is 14.7. The monoisotopic (exact) mass is 352 g/mol. The fourth-order valence-electron chi connectivity index (χ4n) is 3.58. The van der Waals surface area contributed by atoms with Gasteiger partial charge in [-0.2, -0.15) is 0 Å². The van der Waals surface area contributed by atoms with Crippen LogP contribution in [0.1, 0.15) is 35.1 Å². The van der Waals surface area contributed by atoms with E-state index in [9.17, 15) is 9.59 Å². The highest BCUT2D eigenvalue weighted by molar-refractivity contribution is 5.96. The molecule has 0 saturated carbocycles. The number of likely N-dealkylation sites (tertiary alicyclic amines) is 1. The number of fused-ring (bicyclic) bond motifs is 1. The van der Waals surface area contributed by atoms with Gasteiger partial charge < -0.3 is 19.2 Å². The van der Waals surface area contributed by atoms with Crippen molar-refractivity contribution in [3.63, 3.8) is 0 Å². The number of likely N-dealkylation sites (N-methyl/N-ethyl adjacent to an activating group) is 1. The van der Waals surface area contributed by atoms with Crippen molar-refractivity contribution in [2.75, 3.05) is 7.05 Å². The lowest BCUT2D eigenvalue weighted by molar-refractivity contribution is -0.136. The number of imidazole rings is 1. The molecule has 7 nitrogen and oxygen atoms in total. The molecular weight excluding hydrogens is 332 g/mol. The minimum Gasteiger partial charge on any atom is -0.451 e. The van der Waals surface area contributed by atoms with Crippen molar-refractivity contribution < 1.29 is 14.0 Å². The van der Waals surface area contributed by atoms with Crippen LogP contribution in [0.25, 0.3) is 11.0 Å². The number of hydrogen-bond donors (Lipinski definition) is 1. The number of rotatable bonds is 3. The second-order valence-electron chi connectivity index (χ2n) is 6.65. The molecule has 7 heteroatoms. The first kappa shape index (κ1) is 16.4. The molecule has 0 unspecified atom stereocenters. The Morgan fingerprint density at radius 1 is 1.31 bits per heavy atom. The highest BCUT2D eigenvalue weighted by Crippen LogP contribution is 2.31. The molecule has 4 rings (SSSR count). The molecule has 1 N–H and O–H groups in total. The molecule has 0 aliphatic carbocycles. The van der Waals surface area contributed by atoms with E-state index in [-0.39, 0.29) is 29.7 Å². The lowest BCUT2D eigenvalue weighted by Crippen LogP contribution is -2.51. The second kappa shape index (κ2) is 6.33. The van der Waals surface area contributed by atoms with Gasteiger partial charge in [-0.25, -0.2) is 4.98 Å². The molecule has 26 heavy (non-hydrogen) atoms. The van der Waals surface area contributed by atoms with Crippen molar-refractivity contribution in [1.29, 1.82) is 0 Å². The molecule has 1 saturated heterocycles. The number of carbonyl (C=O) groups is 2. The van der Waals surface area contributed by atoms with E-state index in [1.165, 1.54) is 0 Å². The van der Waals surface area contributed by atoms with Gasteiger partial charge in [-0.05, 0) is 18.6 Å². The van der Waals surface area contributed by atoms with Crippen LogP contribution in [0, 0.1) is 0 Å². The van der Waals surface area contributed by atoms with Crippen LogP contribution in [-0.2, 0) is 11.8 Å². The molecule has 1 aliphatic heterocycles. The first-order valence-corrected chi connectivity index (χ1v) is 8.56. The summed E-state index contributed by atoms with van der Waals surface area (Å²) in [6.07, 6.45) is 4.40. The van der Waals surface area contributed by atoms with Gasteiger partial charge in [0.1, 0.15) is 5.58 Å². The molecule has 1 fully saturated rings. The standard InChI is InChI=1S/C19H20N4O3/c1-22-11-20-10-14(22)18-13(7-8-17(24)23(18)2)21-19(25)16-9-12-5-3-4-6-15(12)26-16/h3-6,9-11,13,18H,7-8H2,1-2H3,(H,21,25)/t13-,18-/m1/s1. The average molecular weight is 352 g/mol. The van der Waals surface area contributed by atoms with E-state index in [4.69, 9.17) is 4.42 Å². The van der Waals surface area contributed by atoms with E-state index in [1.807, 2.05) is 35.9 Å². The molecule has 0 radical (unpaired) electrons. The van der Waals surface area contributed by atoms with Crippen LogP contribution in [0.5, 0.6) is 0 Å². The Kier molecular flexibility index (Phi) is 3.99. The number of hydrogen-bond acceptors (Lipinski definition) is 4. The second-order valence-corrected chi connectivity index (χ2v) is 6.65. The third kappa shape index (κ3) is 2.75. The van der Waals surface area contributed by atoms with Crippen molar-refractivity contribution in [2.24, 2.45) is 7.05 Å². The number of nitrogens with zero attached hydrogens (tertiary/aromatic N) is 3. The van der Waals surface area contributed by atoms with Crippen LogP contribution in [0.3, 0.4) is 0 Å². The van der Waals surface area contributed by atoms with E-state index in [0.717, 1.165) is 11.1 Å². The number of amides is 2. The Balaban J connectivity index is 1.61. The summed E-state index contributed by atoms with van der Waals surface area (Å²) in [5.41, 5.74) is 1.56. The molecular formula is C19H20N4O3. The number of piperidine rings is 1. The molecule has 0 bridgehead atoms. The molecule has 3 heterocycles. The van der Waals surface area contributed by atoms with Crippen molar-refractivity contribution in [1.82, 2.24) is 19.8 Å². The molecule has 1 aromatic carbocycles. The van der Waals surface area contributed by atoms with Crippen molar-refractivity contribution in [2.45, 2.75) is 24.9 Å². The Labute approximate surface area is 150 Å². The van der Waals surface area contributed by atoms with E-state index in [1.54, 1.807) is 30.5 Å². The Hall–Kier alpha value is -3.09. The summed E-state index contributed by atoms with van der Waals surface area (Å²) in [5.74, 6) is 0.0565. The zero-order valence-corrected chi connectivity index (χ0v) is 14.7. The van der Waals surface area contributed by atoms with Crippen molar-refractivity contribution in [3.8, 4) is 0 Å². The fourth-order valence-corrected chi connectivity index (χ4v) is 3.58.